The van der Waals surface area contributed by atoms with Crippen molar-refractivity contribution in [2.75, 3.05) is 13.7 Å². The number of halogens is 1. The molecule has 0 saturated heterocycles. The molecule has 0 unspecified atom stereocenters. The Morgan fingerprint density at radius 1 is 1.00 bits per heavy atom. The maximum atomic E-state index is 11.5. The number of pyridine rings is 1. The van der Waals surface area contributed by atoms with Gasteiger partial charge in [-0.2, -0.15) is 0 Å². The molecule has 1 N–H and O–H groups in total. The number of rotatable bonds is 17. The summed E-state index contributed by atoms with van der Waals surface area (Å²) in [6.45, 7) is 2.34. The number of ether oxygens (including phenoxy) is 2. The number of aliphatic carboxylic acids is 1. The third kappa shape index (κ3) is 11.6. The fraction of sp³-hybridized carbons (Fsp3) is 0.500. The monoisotopic (exact) mass is 504 g/mol. The van der Waals surface area contributed by atoms with Gasteiger partial charge in [0, 0.05) is 0 Å². The van der Waals surface area contributed by atoms with Gasteiger partial charge in [0.15, 0.2) is 0 Å². The van der Waals surface area contributed by atoms with Crippen LogP contribution in [0.15, 0.2) is 42.0 Å². The van der Waals surface area contributed by atoms with E-state index in [2.05, 4.69) is 17.1 Å². The van der Waals surface area contributed by atoms with Gasteiger partial charge in [-0.15, -0.1) is 12.4 Å². The number of aromatic nitrogens is 1. The standard InChI is InChI=1S/C28H39NO5.ClH/c1-3-4-12-23(28(31)32)20-26-27(18-15-24(21-30)29-26)34-19-10-8-6-5-7-9-11-22-13-16-25(33-2)17-14-22;/h13-18,20,30H,3-12,19,21H2,1-2H3,(H,31,32);1H/p-1/b23-20+;. The molecular weight excluding hydrogens is 466 g/mol. The summed E-state index contributed by atoms with van der Waals surface area (Å²) >= 11 is 0. The molecule has 2 rings (SSSR count). The van der Waals surface area contributed by atoms with Crippen molar-refractivity contribution in [3.63, 3.8) is 0 Å². The van der Waals surface area contributed by atoms with E-state index in [-0.39, 0.29) is 24.6 Å². The van der Waals surface area contributed by atoms with Crippen molar-refractivity contribution < 1.29 is 24.5 Å². The molecule has 0 spiro atoms. The Labute approximate surface area is 215 Å². The van der Waals surface area contributed by atoms with Crippen LogP contribution in [0.5, 0.6) is 11.5 Å². The molecule has 2 aromatic rings. The van der Waals surface area contributed by atoms with Crippen LogP contribution >= 0.6 is 12.4 Å². The molecule has 0 saturated carbocycles. The van der Waals surface area contributed by atoms with Crippen molar-refractivity contribution in [1.82, 2.24) is 4.98 Å². The molecule has 35 heavy (non-hydrogen) atoms. The second-order valence-electron chi connectivity index (χ2n) is 8.47. The molecule has 0 aliphatic heterocycles. The first-order valence-corrected chi connectivity index (χ1v) is 12.4. The zero-order valence-corrected chi connectivity index (χ0v) is 21.8. The summed E-state index contributed by atoms with van der Waals surface area (Å²) in [6.07, 6.45) is 11.4. The Balaban J connectivity index is 0.00000612. The Hall–Kier alpha value is -2.57. The van der Waals surface area contributed by atoms with Gasteiger partial charge in [-0.25, -0.2) is 4.98 Å². The van der Waals surface area contributed by atoms with Gasteiger partial charge in [-0.3, -0.25) is 0 Å². The SMILES string of the molecule is CCCC/C(=C\c1nc(CO)ccc1OCCCCCCCCc1ccc(OC)cc1)C(=O)[O-].Cl. The number of hydrogen-bond acceptors (Lipinski definition) is 6. The predicted molar refractivity (Wildman–Crippen MR) is 140 cm³/mol. The van der Waals surface area contributed by atoms with Crippen molar-refractivity contribution >= 4 is 24.5 Å². The Kier molecular flexibility index (Phi) is 15.5. The van der Waals surface area contributed by atoms with E-state index in [0.29, 0.717) is 30.2 Å². The molecular formula is C28H39ClNO5-. The number of aliphatic hydroxyl groups excluding tert-OH is 1. The van der Waals surface area contributed by atoms with Crippen molar-refractivity contribution in [3.8, 4) is 11.5 Å². The van der Waals surface area contributed by atoms with Crippen LogP contribution in [0.3, 0.4) is 0 Å². The van der Waals surface area contributed by atoms with E-state index in [1.165, 1.54) is 30.9 Å². The van der Waals surface area contributed by atoms with Gasteiger partial charge < -0.3 is 24.5 Å². The molecule has 0 bridgehead atoms. The number of benzene rings is 1. The first kappa shape index (κ1) is 30.5. The molecule has 6 nitrogen and oxygen atoms in total. The number of carboxylic acids is 1. The Bertz CT molecular complexity index is 899. The summed E-state index contributed by atoms with van der Waals surface area (Å²) in [5.74, 6) is 0.236. The van der Waals surface area contributed by atoms with Crippen LogP contribution in [-0.2, 0) is 17.8 Å². The highest BCUT2D eigenvalue weighted by Crippen LogP contribution is 2.22. The highest BCUT2D eigenvalue weighted by molar-refractivity contribution is 5.90. The fourth-order valence-corrected chi connectivity index (χ4v) is 3.70. The van der Waals surface area contributed by atoms with Gasteiger partial charge in [0.25, 0.3) is 0 Å². The minimum absolute atomic E-state index is 0. The van der Waals surface area contributed by atoms with E-state index in [1.54, 1.807) is 19.2 Å². The number of methoxy groups -OCH3 is 1. The summed E-state index contributed by atoms with van der Waals surface area (Å²) in [4.78, 5) is 15.8. The average molecular weight is 505 g/mol. The number of carbonyl (C=O) groups excluding carboxylic acids is 1. The van der Waals surface area contributed by atoms with E-state index >= 15 is 0 Å². The maximum absolute atomic E-state index is 11.5. The van der Waals surface area contributed by atoms with Gasteiger partial charge in [-0.05, 0) is 73.6 Å². The lowest BCUT2D eigenvalue weighted by Gasteiger charge is -2.13. The van der Waals surface area contributed by atoms with Crippen LogP contribution in [0.1, 0.15) is 81.7 Å². The van der Waals surface area contributed by atoms with Gasteiger partial charge in [0.05, 0.1) is 32.0 Å². The zero-order chi connectivity index (χ0) is 24.6. The van der Waals surface area contributed by atoms with Crippen molar-refractivity contribution in [1.29, 1.82) is 0 Å². The molecule has 1 heterocycles. The Morgan fingerprint density at radius 2 is 1.69 bits per heavy atom. The summed E-state index contributed by atoms with van der Waals surface area (Å²) in [5, 5.41) is 20.9. The molecule has 0 fully saturated rings. The van der Waals surface area contributed by atoms with Gasteiger partial charge in [0.2, 0.25) is 0 Å². The van der Waals surface area contributed by atoms with Crippen molar-refractivity contribution in [2.45, 2.75) is 77.7 Å². The van der Waals surface area contributed by atoms with Crippen LogP contribution < -0.4 is 14.6 Å². The van der Waals surface area contributed by atoms with Crippen LogP contribution in [0, 0.1) is 0 Å². The smallest absolute Gasteiger partial charge is 0.144 e. The number of carboxylic acid groups (broad SMARTS) is 1. The second kappa shape index (κ2) is 17.8. The van der Waals surface area contributed by atoms with Crippen molar-refractivity contribution in [3.05, 3.63) is 58.9 Å². The molecule has 1 aromatic carbocycles. The zero-order valence-electron chi connectivity index (χ0n) is 21.0. The van der Waals surface area contributed by atoms with Gasteiger partial charge >= 0.3 is 0 Å². The number of unbranched alkanes of at least 4 members (excludes halogenated alkanes) is 6. The predicted octanol–water partition coefficient (Wildman–Crippen LogP) is 5.29. The number of hydrogen-bond donors (Lipinski definition) is 1. The molecule has 0 radical (unpaired) electrons. The lowest BCUT2D eigenvalue weighted by molar-refractivity contribution is -0.299. The summed E-state index contributed by atoms with van der Waals surface area (Å²) in [5.41, 5.74) is 2.45. The number of nitrogens with zero attached hydrogens (tertiary/aromatic N) is 1. The third-order valence-electron chi connectivity index (χ3n) is 5.75. The largest absolute Gasteiger partial charge is 0.545 e. The topological polar surface area (TPSA) is 91.7 Å². The maximum Gasteiger partial charge on any atom is 0.144 e. The molecule has 0 amide bonds. The summed E-state index contributed by atoms with van der Waals surface area (Å²) in [7, 11) is 1.68. The minimum Gasteiger partial charge on any atom is -0.545 e. The highest BCUT2D eigenvalue weighted by atomic mass is 35.5. The second-order valence-corrected chi connectivity index (χ2v) is 8.47. The number of aliphatic hydroxyl groups is 1. The molecule has 0 aliphatic carbocycles. The molecule has 0 atom stereocenters. The highest BCUT2D eigenvalue weighted by Gasteiger charge is 2.08. The molecule has 194 valence electrons. The van der Waals surface area contributed by atoms with E-state index in [1.807, 2.05) is 19.1 Å². The van der Waals surface area contributed by atoms with E-state index in [4.69, 9.17) is 9.47 Å². The lowest BCUT2D eigenvalue weighted by Crippen LogP contribution is -2.24. The van der Waals surface area contributed by atoms with Crippen molar-refractivity contribution in [2.24, 2.45) is 0 Å². The number of aryl methyl sites for hydroxylation is 1. The van der Waals surface area contributed by atoms with Crippen LogP contribution in [-0.4, -0.2) is 29.8 Å². The fourth-order valence-electron chi connectivity index (χ4n) is 3.70. The first-order valence-electron chi connectivity index (χ1n) is 12.4. The number of carbonyl (C=O) groups is 1. The van der Waals surface area contributed by atoms with E-state index in [9.17, 15) is 15.0 Å². The molecule has 7 heteroatoms. The Morgan fingerprint density at radius 3 is 2.31 bits per heavy atom. The van der Waals surface area contributed by atoms with Gasteiger partial charge in [0.1, 0.15) is 17.2 Å². The van der Waals surface area contributed by atoms with Crippen LogP contribution in [0.2, 0.25) is 0 Å². The third-order valence-corrected chi connectivity index (χ3v) is 5.75. The summed E-state index contributed by atoms with van der Waals surface area (Å²) in [6, 6.07) is 11.7. The first-order chi connectivity index (χ1) is 16.6. The van der Waals surface area contributed by atoms with E-state index in [0.717, 1.165) is 44.3 Å². The van der Waals surface area contributed by atoms with Crippen LogP contribution in [0.4, 0.5) is 0 Å². The minimum atomic E-state index is -1.19. The van der Waals surface area contributed by atoms with Crippen LogP contribution in [0.25, 0.3) is 6.08 Å². The summed E-state index contributed by atoms with van der Waals surface area (Å²) < 4.78 is 11.1. The quantitative estimate of drug-likeness (QED) is 0.232. The molecule has 1 aromatic heterocycles. The normalized spacial score (nSPS) is 11.1. The van der Waals surface area contributed by atoms with E-state index < -0.39 is 5.97 Å². The lowest BCUT2D eigenvalue weighted by atomic mass is 10.0. The average Bonchev–Trinajstić information content (AvgIpc) is 2.86. The molecule has 0 aliphatic rings. The van der Waals surface area contributed by atoms with Gasteiger partial charge in [-0.1, -0.05) is 51.2 Å².